The van der Waals surface area contributed by atoms with E-state index < -0.39 is 11.9 Å². The van der Waals surface area contributed by atoms with E-state index in [4.69, 9.17) is 15.2 Å². The molecule has 2 aromatic rings. The van der Waals surface area contributed by atoms with Crippen molar-refractivity contribution in [3.63, 3.8) is 0 Å². The van der Waals surface area contributed by atoms with E-state index in [0.717, 1.165) is 31.6 Å². The number of carboxylic acids is 2. The number of aryl methyl sites for hydroxylation is 1. The minimum atomic E-state index is -1.26. The molecule has 30 heavy (non-hydrogen) atoms. The summed E-state index contributed by atoms with van der Waals surface area (Å²) in [5.74, 6) is -2.51. The molecule has 0 bridgehead atoms. The lowest BCUT2D eigenvalue weighted by Crippen LogP contribution is -2.28. The van der Waals surface area contributed by atoms with Crippen LogP contribution in [0, 0.1) is 6.92 Å². The molecule has 1 aromatic carbocycles. The van der Waals surface area contributed by atoms with Gasteiger partial charge in [-0.3, -0.25) is 0 Å². The standard InChI is InChI=1S/C19H20N2S.C4H4O4/c1-13-10-16-18(22-13)11-14-6-3-4-8-17(14)20-19(16)15-7-5-9-21(2)12-15;5-3(6)1-2-4(7)8/h3-4,6-8,10H,5,9,11-12H2,1-2H3;1-2H,(H,5,6)(H,7,8). The van der Waals surface area contributed by atoms with Gasteiger partial charge in [0.2, 0.25) is 0 Å². The van der Waals surface area contributed by atoms with Crippen LogP contribution in [-0.4, -0.2) is 52.9 Å². The zero-order chi connectivity index (χ0) is 21.7. The Bertz CT molecular complexity index is 1030. The molecule has 1 aromatic heterocycles. The number of para-hydroxylation sites is 1. The Hall–Kier alpha value is -3.03. The van der Waals surface area contributed by atoms with Crippen molar-refractivity contribution >= 4 is 34.7 Å². The summed E-state index contributed by atoms with van der Waals surface area (Å²) in [4.78, 5) is 29.4. The summed E-state index contributed by atoms with van der Waals surface area (Å²) in [5.41, 5.74) is 6.39. The van der Waals surface area contributed by atoms with Gasteiger partial charge in [-0.1, -0.05) is 24.3 Å². The fraction of sp³-hybridized carbons (Fsp3) is 0.261. The molecule has 0 saturated heterocycles. The highest BCUT2D eigenvalue weighted by Crippen LogP contribution is 2.35. The molecule has 0 atom stereocenters. The monoisotopic (exact) mass is 424 g/mol. The Balaban J connectivity index is 0.000000275. The molecule has 3 heterocycles. The highest BCUT2D eigenvalue weighted by atomic mass is 32.1. The van der Waals surface area contributed by atoms with Gasteiger partial charge in [-0.2, -0.15) is 0 Å². The van der Waals surface area contributed by atoms with Crippen molar-refractivity contribution in [3.05, 3.63) is 75.0 Å². The third-order valence-electron chi connectivity index (χ3n) is 4.78. The van der Waals surface area contributed by atoms with Gasteiger partial charge in [-0.25, -0.2) is 14.6 Å². The number of fused-ring (bicyclic) bond motifs is 2. The molecule has 2 aliphatic heterocycles. The first-order valence-corrected chi connectivity index (χ1v) is 10.4. The second-order valence-electron chi connectivity index (χ2n) is 7.23. The van der Waals surface area contributed by atoms with Crippen LogP contribution in [-0.2, 0) is 16.0 Å². The first kappa shape index (κ1) is 21.7. The van der Waals surface area contributed by atoms with Crippen LogP contribution in [0.3, 0.4) is 0 Å². The third kappa shape index (κ3) is 5.52. The van der Waals surface area contributed by atoms with E-state index >= 15 is 0 Å². The summed E-state index contributed by atoms with van der Waals surface area (Å²) >= 11 is 1.91. The second-order valence-corrected chi connectivity index (χ2v) is 8.57. The van der Waals surface area contributed by atoms with Gasteiger partial charge in [-0.05, 0) is 43.7 Å². The number of benzene rings is 1. The predicted molar refractivity (Wildman–Crippen MR) is 119 cm³/mol. The summed E-state index contributed by atoms with van der Waals surface area (Å²) in [5, 5.41) is 15.6. The average molecular weight is 425 g/mol. The number of rotatable bonds is 3. The Morgan fingerprint density at radius 2 is 1.87 bits per heavy atom. The SMILES string of the molecule is Cc1cc2c(s1)Cc1ccccc1N=C2C1=CCCN(C)C1.O=C(O)C=CC(=O)O. The first-order chi connectivity index (χ1) is 14.3. The van der Waals surface area contributed by atoms with E-state index in [0.29, 0.717) is 12.2 Å². The molecular weight excluding hydrogens is 400 g/mol. The smallest absolute Gasteiger partial charge is 0.328 e. The molecule has 2 aliphatic rings. The minimum Gasteiger partial charge on any atom is -0.478 e. The maximum Gasteiger partial charge on any atom is 0.328 e. The predicted octanol–water partition coefficient (Wildman–Crippen LogP) is 4.06. The summed E-state index contributed by atoms with van der Waals surface area (Å²) in [6.45, 7) is 4.34. The van der Waals surface area contributed by atoms with Crippen molar-refractivity contribution < 1.29 is 19.8 Å². The topological polar surface area (TPSA) is 90.2 Å². The van der Waals surface area contributed by atoms with Crippen molar-refractivity contribution in [2.75, 3.05) is 20.1 Å². The zero-order valence-electron chi connectivity index (χ0n) is 17.0. The van der Waals surface area contributed by atoms with Crippen molar-refractivity contribution in [2.24, 2.45) is 4.99 Å². The lowest BCUT2D eigenvalue weighted by atomic mass is 9.98. The molecule has 0 amide bonds. The molecule has 0 radical (unpaired) electrons. The number of carboxylic acid groups (broad SMARTS) is 2. The Labute approximate surface area is 179 Å². The van der Waals surface area contributed by atoms with Gasteiger partial charge >= 0.3 is 11.9 Å². The van der Waals surface area contributed by atoms with Crippen molar-refractivity contribution in [1.82, 2.24) is 4.90 Å². The molecule has 6 nitrogen and oxygen atoms in total. The lowest BCUT2D eigenvalue weighted by molar-refractivity contribution is -0.134. The molecule has 156 valence electrons. The molecule has 0 fully saturated rings. The highest BCUT2D eigenvalue weighted by molar-refractivity contribution is 7.12. The number of nitrogens with zero attached hydrogens (tertiary/aromatic N) is 2. The Morgan fingerprint density at radius 3 is 2.53 bits per heavy atom. The lowest BCUT2D eigenvalue weighted by Gasteiger charge is -2.23. The van der Waals surface area contributed by atoms with Crippen LogP contribution in [0.4, 0.5) is 5.69 Å². The van der Waals surface area contributed by atoms with E-state index in [9.17, 15) is 9.59 Å². The Kier molecular flexibility index (Phi) is 6.97. The van der Waals surface area contributed by atoms with Gasteiger partial charge in [0.05, 0.1) is 11.4 Å². The number of carbonyl (C=O) groups is 2. The molecule has 0 aliphatic carbocycles. The van der Waals surface area contributed by atoms with Gasteiger partial charge in [0.15, 0.2) is 0 Å². The van der Waals surface area contributed by atoms with Crippen LogP contribution in [0.15, 0.2) is 59.1 Å². The molecule has 0 unspecified atom stereocenters. The van der Waals surface area contributed by atoms with E-state index in [1.54, 1.807) is 0 Å². The fourth-order valence-corrected chi connectivity index (χ4v) is 4.53. The quantitative estimate of drug-likeness (QED) is 0.726. The van der Waals surface area contributed by atoms with Crippen molar-refractivity contribution in [1.29, 1.82) is 0 Å². The fourth-order valence-electron chi connectivity index (χ4n) is 3.47. The van der Waals surface area contributed by atoms with E-state index in [2.05, 4.69) is 55.3 Å². The van der Waals surface area contributed by atoms with Crippen LogP contribution in [0.5, 0.6) is 0 Å². The second kappa shape index (κ2) is 9.65. The summed E-state index contributed by atoms with van der Waals surface area (Å²) < 4.78 is 0. The molecule has 7 heteroatoms. The first-order valence-electron chi connectivity index (χ1n) is 9.61. The number of likely N-dealkylation sites (N-methyl/N-ethyl adjacent to an activating group) is 1. The summed E-state index contributed by atoms with van der Waals surface area (Å²) in [7, 11) is 2.19. The number of thiophene rings is 1. The maximum atomic E-state index is 9.55. The zero-order valence-corrected chi connectivity index (χ0v) is 17.8. The van der Waals surface area contributed by atoms with E-state index in [1.165, 1.54) is 32.2 Å². The number of hydrogen-bond acceptors (Lipinski definition) is 5. The summed E-state index contributed by atoms with van der Waals surface area (Å²) in [6, 6.07) is 10.9. The van der Waals surface area contributed by atoms with Gasteiger partial charge in [0.25, 0.3) is 0 Å². The number of aliphatic carboxylic acids is 2. The molecule has 4 rings (SSSR count). The number of aliphatic imine (C=N–C) groups is 1. The molecule has 0 spiro atoms. The van der Waals surface area contributed by atoms with Crippen LogP contribution in [0.25, 0.3) is 0 Å². The van der Waals surface area contributed by atoms with E-state index in [1.807, 2.05) is 11.3 Å². The molecule has 0 saturated carbocycles. The van der Waals surface area contributed by atoms with Crippen LogP contribution in [0.1, 0.15) is 27.3 Å². The highest BCUT2D eigenvalue weighted by Gasteiger charge is 2.23. The largest absolute Gasteiger partial charge is 0.478 e. The van der Waals surface area contributed by atoms with Gasteiger partial charge in [0.1, 0.15) is 0 Å². The average Bonchev–Trinajstić information content (AvgIpc) is 2.98. The van der Waals surface area contributed by atoms with Crippen molar-refractivity contribution in [2.45, 2.75) is 19.8 Å². The summed E-state index contributed by atoms with van der Waals surface area (Å²) in [6.07, 6.45) is 5.61. The van der Waals surface area contributed by atoms with Crippen molar-refractivity contribution in [3.8, 4) is 0 Å². The van der Waals surface area contributed by atoms with Crippen LogP contribution < -0.4 is 0 Å². The van der Waals surface area contributed by atoms with Gasteiger partial charge in [-0.15, -0.1) is 11.3 Å². The van der Waals surface area contributed by atoms with Gasteiger partial charge in [0, 0.05) is 47.0 Å². The van der Waals surface area contributed by atoms with Crippen LogP contribution in [0.2, 0.25) is 0 Å². The minimum absolute atomic E-state index is 0.558. The molecule has 2 N–H and O–H groups in total. The van der Waals surface area contributed by atoms with Gasteiger partial charge < -0.3 is 15.1 Å². The molecular formula is C23H24N2O4S. The Morgan fingerprint density at radius 1 is 1.17 bits per heavy atom. The normalized spacial score (nSPS) is 15.8. The number of hydrogen-bond donors (Lipinski definition) is 2. The maximum absolute atomic E-state index is 9.55. The third-order valence-corrected chi connectivity index (χ3v) is 5.83. The van der Waals surface area contributed by atoms with E-state index in [-0.39, 0.29) is 0 Å². The van der Waals surface area contributed by atoms with Crippen LogP contribution >= 0.6 is 11.3 Å².